The molecule has 2 heteroatoms. The van der Waals surface area contributed by atoms with Crippen LogP contribution in [0.4, 0.5) is 0 Å². The van der Waals surface area contributed by atoms with Crippen LogP contribution in [0, 0.1) is 5.92 Å². The maximum absolute atomic E-state index is 9.79. The molecule has 14 heavy (non-hydrogen) atoms. The van der Waals surface area contributed by atoms with E-state index in [-0.39, 0.29) is 6.10 Å². The van der Waals surface area contributed by atoms with E-state index in [4.69, 9.17) is 4.74 Å². The predicted octanol–water partition coefficient (Wildman–Crippen LogP) is 2.74. The average molecular weight is 200 g/mol. The van der Waals surface area contributed by atoms with Gasteiger partial charge in [-0.3, -0.25) is 0 Å². The van der Waals surface area contributed by atoms with E-state index in [1.807, 2.05) is 0 Å². The molecule has 0 aromatic rings. The van der Waals surface area contributed by atoms with Gasteiger partial charge in [-0.2, -0.15) is 0 Å². The molecule has 1 heterocycles. The maximum atomic E-state index is 9.79. The van der Waals surface area contributed by atoms with Crippen molar-refractivity contribution in [3.63, 3.8) is 0 Å². The van der Waals surface area contributed by atoms with Crippen molar-refractivity contribution in [1.82, 2.24) is 0 Å². The van der Waals surface area contributed by atoms with E-state index in [0.717, 1.165) is 38.9 Å². The van der Waals surface area contributed by atoms with Crippen LogP contribution in [0.2, 0.25) is 0 Å². The van der Waals surface area contributed by atoms with E-state index in [2.05, 4.69) is 6.92 Å². The Morgan fingerprint density at radius 2 is 2.00 bits per heavy atom. The summed E-state index contributed by atoms with van der Waals surface area (Å²) in [6.45, 7) is 3.99. The summed E-state index contributed by atoms with van der Waals surface area (Å²) in [4.78, 5) is 0. The number of aliphatic hydroxyl groups excluding tert-OH is 1. The molecule has 0 bridgehead atoms. The Hall–Kier alpha value is -0.0800. The molecule has 0 spiro atoms. The van der Waals surface area contributed by atoms with Crippen molar-refractivity contribution in [1.29, 1.82) is 0 Å². The number of hydrogen-bond acceptors (Lipinski definition) is 2. The molecule has 0 aromatic carbocycles. The van der Waals surface area contributed by atoms with E-state index in [0.29, 0.717) is 5.92 Å². The Balaban J connectivity index is 2.03. The second-order valence-electron chi connectivity index (χ2n) is 4.44. The standard InChI is InChI=1S/C12H24O2/c1-2-3-4-5-12(13)10-11-6-8-14-9-7-11/h11-13H,2-10H2,1H3. The van der Waals surface area contributed by atoms with Crippen molar-refractivity contribution in [2.24, 2.45) is 5.92 Å². The number of rotatable bonds is 6. The third-order valence-corrected chi connectivity index (χ3v) is 3.09. The highest BCUT2D eigenvalue weighted by atomic mass is 16.5. The van der Waals surface area contributed by atoms with Crippen LogP contribution in [0.3, 0.4) is 0 Å². The number of aliphatic hydroxyl groups is 1. The molecule has 1 atom stereocenters. The van der Waals surface area contributed by atoms with Gasteiger partial charge in [0.05, 0.1) is 6.10 Å². The lowest BCUT2D eigenvalue weighted by molar-refractivity contribution is 0.0416. The van der Waals surface area contributed by atoms with E-state index in [1.54, 1.807) is 0 Å². The first-order chi connectivity index (χ1) is 6.83. The van der Waals surface area contributed by atoms with Crippen LogP contribution < -0.4 is 0 Å². The van der Waals surface area contributed by atoms with E-state index < -0.39 is 0 Å². The first-order valence-corrected chi connectivity index (χ1v) is 6.08. The van der Waals surface area contributed by atoms with E-state index >= 15 is 0 Å². The van der Waals surface area contributed by atoms with Gasteiger partial charge in [-0.25, -0.2) is 0 Å². The van der Waals surface area contributed by atoms with Gasteiger partial charge in [0.25, 0.3) is 0 Å². The third-order valence-electron chi connectivity index (χ3n) is 3.09. The van der Waals surface area contributed by atoms with Crippen molar-refractivity contribution in [2.75, 3.05) is 13.2 Å². The van der Waals surface area contributed by atoms with Gasteiger partial charge in [0.2, 0.25) is 0 Å². The molecule has 1 aliphatic heterocycles. The van der Waals surface area contributed by atoms with Gasteiger partial charge >= 0.3 is 0 Å². The van der Waals surface area contributed by atoms with Crippen LogP contribution in [0.15, 0.2) is 0 Å². The van der Waals surface area contributed by atoms with Gasteiger partial charge < -0.3 is 9.84 Å². The summed E-state index contributed by atoms with van der Waals surface area (Å²) < 4.78 is 5.30. The molecule has 1 N–H and O–H groups in total. The fraction of sp³-hybridized carbons (Fsp3) is 1.00. The Kier molecular flexibility index (Phi) is 6.20. The first-order valence-electron chi connectivity index (χ1n) is 6.08. The maximum Gasteiger partial charge on any atom is 0.0543 e. The summed E-state index contributed by atoms with van der Waals surface area (Å²) in [5.41, 5.74) is 0. The van der Waals surface area contributed by atoms with E-state index in [1.165, 1.54) is 19.3 Å². The zero-order valence-electron chi connectivity index (χ0n) is 9.37. The van der Waals surface area contributed by atoms with Crippen LogP contribution in [-0.4, -0.2) is 24.4 Å². The predicted molar refractivity (Wildman–Crippen MR) is 58.3 cm³/mol. The minimum absolute atomic E-state index is 0.0651. The molecule has 0 saturated carbocycles. The lowest BCUT2D eigenvalue weighted by Gasteiger charge is -2.24. The molecular formula is C12H24O2. The topological polar surface area (TPSA) is 29.5 Å². The average Bonchev–Trinajstić information content (AvgIpc) is 2.20. The number of unbranched alkanes of at least 4 members (excludes halogenated alkanes) is 2. The molecule has 1 unspecified atom stereocenters. The highest BCUT2D eigenvalue weighted by Crippen LogP contribution is 2.21. The lowest BCUT2D eigenvalue weighted by atomic mass is 9.92. The molecule has 1 rings (SSSR count). The summed E-state index contributed by atoms with van der Waals surface area (Å²) in [6, 6.07) is 0. The molecule has 0 aliphatic carbocycles. The summed E-state index contributed by atoms with van der Waals surface area (Å²) in [6.07, 6.45) is 7.88. The Morgan fingerprint density at radius 1 is 1.29 bits per heavy atom. The van der Waals surface area contributed by atoms with Gasteiger partial charge in [0.1, 0.15) is 0 Å². The van der Waals surface area contributed by atoms with Crippen molar-refractivity contribution in [3.05, 3.63) is 0 Å². The van der Waals surface area contributed by atoms with Crippen LogP contribution in [-0.2, 0) is 4.74 Å². The number of hydrogen-bond donors (Lipinski definition) is 1. The van der Waals surface area contributed by atoms with Crippen molar-refractivity contribution in [3.8, 4) is 0 Å². The van der Waals surface area contributed by atoms with Gasteiger partial charge in [-0.1, -0.05) is 26.2 Å². The van der Waals surface area contributed by atoms with Crippen LogP contribution in [0.25, 0.3) is 0 Å². The smallest absolute Gasteiger partial charge is 0.0543 e. The van der Waals surface area contributed by atoms with Gasteiger partial charge in [-0.05, 0) is 31.6 Å². The summed E-state index contributed by atoms with van der Waals surface area (Å²) in [7, 11) is 0. The third kappa shape index (κ3) is 4.97. The highest BCUT2D eigenvalue weighted by molar-refractivity contribution is 4.68. The minimum Gasteiger partial charge on any atom is -0.393 e. The van der Waals surface area contributed by atoms with Crippen molar-refractivity contribution < 1.29 is 9.84 Å². The molecule has 1 aliphatic rings. The number of ether oxygens (including phenoxy) is 1. The van der Waals surface area contributed by atoms with Crippen molar-refractivity contribution in [2.45, 2.75) is 58.0 Å². The molecule has 84 valence electrons. The van der Waals surface area contributed by atoms with Crippen LogP contribution in [0.5, 0.6) is 0 Å². The molecule has 1 fully saturated rings. The molecule has 2 nitrogen and oxygen atoms in total. The monoisotopic (exact) mass is 200 g/mol. The van der Waals surface area contributed by atoms with Crippen LogP contribution in [0.1, 0.15) is 51.9 Å². The second-order valence-corrected chi connectivity index (χ2v) is 4.44. The lowest BCUT2D eigenvalue weighted by Crippen LogP contribution is -2.20. The highest BCUT2D eigenvalue weighted by Gasteiger charge is 2.17. The van der Waals surface area contributed by atoms with Crippen molar-refractivity contribution >= 4 is 0 Å². The normalized spacial score (nSPS) is 21.0. The van der Waals surface area contributed by atoms with Crippen LogP contribution >= 0.6 is 0 Å². The van der Waals surface area contributed by atoms with Gasteiger partial charge in [0, 0.05) is 13.2 Å². The molecule has 0 aromatic heterocycles. The first kappa shape index (κ1) is 12.0. The zero-order valence-corrected chi connectivity index (χ0v) is 9.37. The minimum atomic E-state index is -0.0651. The Bertz CT molecular complexity index is 130. The fourth-order valence-corrected chi connectivity index (χ4v) is 2.11. The second kappa shape index (κ2) is 7.24. The van der Waals surface area contributed by atoms with Gasteiger partial charge in [0.15, 0.2) is 0 Å². The molecule has 1 saturated heterocycles. The molecule has 0 amide bonds. The largest absolute Gasteiger partial charge is 0.393 e. The fourth-order valence-electron chi connectivity index (χ4n) is 2.11. The summed E-state index contributed by atoms with van der Waals surface area (Å²) in [5, 5.41) is 9.79. The van der Waals surface area contributed by atoms with E-state index in [9.17, 15) is 5.11 Å². The van der Waals surface area contributed by atoms with Gasteiger partial charge in [-0.15, -0.1) is 0 Å². The summed E-state index contributed by atoms with van der Waals surface area (Å²) >= 11 is 0. The summed E-state index contributed by atoms with van der Waals surface area (Å²) in [5.74, 6) is 0.709. The Labute approximate surface area is 87.7 Å². The molecule has 0 radical (unpaired) electrons. The zero-order chi connectivity index (χ0) is 10.2. The quantitative estimate of drug-likeness (QED) is 0.668. The SMILES string of the molecule is CCCCCC(O)CC1CCOCC1. The molecular weight excluding hydrogens is 176 g/mol. The Morgan fingerprint density at radius 3 is 2.64 bits per heavy atom.